The average molecular weight is 233 g/mol. The molecule has 0 amide bonds. The maximum Gasteiger partial charge on any atom is 0.0465 e. The normalized spacial score (nSPS) is 25.4. The Hall–Kier alpha value is -0.860. The third-order valence-corrected chi connectivity index (χ3v) is 4.23. The lowest BCUT2D eigenvalue weighted by atomic mass is 9.71. The van der Waals surface area contributed by atoms with Crippen molar-refractivity contribution in [2.75, 3.05) is 13.7 Å². The van der Waals surface area contributed by atoms with Gasteiger partial charge < -0.3 is 10.5 Å². The number of aryl methyl sites for hydroxylation is 1. The molecule has 0 aromatic heterocycles. The van der Waals surface area contributed by atoms with E-state index in [0.717, 1.165) is 32.3 Å². The molecule has 2 unspecified atom stereocenters. The van der Waals surface area contributed by atoms with Gasteiger partial charge >= 0.3 is 0 Å². The third kappa shape index (κ3) is 2.70. The Balaban J connectivity index is 2.09. The van der Waals surface area contributed by atoms with Crippen LogP contribution in [0.25, 0.3) is 0 Å². The molecule has 1 aliphatic carbocycles. The van der Waals surface area contributed by atoms with Crippen LogP contribution < -0.4 is 5.73 Å². The van der Waals surface area contributed by atoms with Crippen molar-refractivity contribution in [2.45, 2.75) is 38.1 Å². The highest BCUT2D eigenvalue weighted by Crippen LogP contribution is 2.33. The number of hydrogen-bond donors (Lipinski definition) is 1. The maximum atomic E-state index is 6.60. The Morgan fingerprint density at radius 1 is 1.35 bits per heavy atom. The van der Waals surface area contributed by atoms with Crippen molar-refractivity contribution in [3.63, 3.8) is 0 Å². The summed E-state index contributed by atoms with van der Waals surface area (Å²) in [4.78, 5) is 0. The lowest BCUT2D eigenvalue weighted by Gasteiger charge is -2.40. The molecule has 0 saturated heterocycles. The summed E-state index contributed by atoms with van der Waals surface area (Å²) in [7, 11) is 1.76. The van der Waals surface area contributed by atoms with Gasteiger partial charge in [-0.1, -0.05) is 31.2 Å². The second-order valence-electron chi connectivity index (χ2n) is 5.36. The van der Waals surface area contributed by atoms with E-state index in [9.17, 15) is 0 Å². The second-order valence-corrected chi connectivity index (χ2v) is 5.36. The zero-order valence-electron chi connectivity index (χ0n) is 10.9. The predicted octanol–water partition coefficient (Wildman–Crippen LogP) is 2.55. The fraction of sp³-hybridized carbons (Fsp3) is 0.600. The minimum atomic E-state index is -0.0487. The molecular weight excluding hydrogens is 210 g/mol. The van der Waals surface area contributed by atoms with Crippen LogP contribution in [0.2, 0.25) is 0 Å². The monoisotopic (exact) mass is 233 g/mol. The Kier molecular flexibility index (Phi) is 3.85. The van der Waals surface area contributed by atoms with Crippen LogP contribution in [0.3, 0.4) is 0 Å². The fourth-order valence-corrected chi connectivity index (χ4v) is 2.79. The molecule has 0 radical (unpaired) electrons. The smallest absolute Gasteiger partial charge is 0.0465 e. The SMILES string of the molecule is COCCC(C)C1(N)CCc2ccccc2C1. The van der Waals surface area contributed by atoms with Gasteiger partial charge in [0.2, 0.25) is 0 Å². The molecule has 2 nitrogen and oxygen atoms in total. The fourth-order valence-electron chi connectivity index (χ4n) is 2.79. The van der Waals surface area contributed by atoms with Crippen molar-refractivity contribution in [3.8, 4) is 0 Å². The van der Waals surface area contributed by atoms with Crippen LogP contribution in [0.1, 0.15) is 30.9 Å². The Labute approximate surface area is 104 Å². The first-order valence-corrected chi connectivity index (χ1v) is 6.50. The standard InChI is InChI=1S/C15H23NO/c1-12(8-10-17-2)15(16)9-7-13-5-3-4-6-14(13)11-15/h3-6,12H,7-11,16H2,1-2H3. The molecule has 0 spiro atoms. The van der Waals surface area contributed by atoms with Crippen molar-refractivity contribution in [1.29, 1.82) is 0 Å². The Morgan fingerprint density at radius 2 is 2.06 bits per heavy atom. The van der Waals surface area contributed by atoms with Crippen LogP contribution in [-0.4, -0.2) is 19.3 Å². The highest BCUT2D eigenvalue weighted by atomic mass is 16.5. The summed E-state index contributed by atoms with van der Waals surface area (Å²) in [6.07, 6.45) is 4.27. The van der Waals surface area contributed by atoms with Crippen molar-refractivity contribution in [3.05, 3.63) is 35.4 Å². The number of hydrogen-bond acceptors (Lipinski definition) is 2. The first-order valence-electron chi connectivity index (χ1n) is 6.50. The molecule has 0 aliphatic heterocycles. The Bertz CT molecular complexity index is 377. The highest BCUT2D eigenvalue weighted by Gasteiger charge is 2.34. The van der Waals surface area contributed by atoms with Gasteiger partial charge in [0.05, 0.1) is 0 Å². The molecule has 1 aromatic rings. The summed E-state index contributed by atoms with van der Waals surface area (Å²) in [6.45, 7) is 3.06. The van der Waals surface area contributed by atoms with Crippen LogP contribution in [0.15, 0.2) is 24.3 Å². The van der Waals surface area contributed by atoms with E-state index in [-0.39, 0.29) is 5.54 Å². The van der Waals surface area contributed by atoms with Crippen LogP contribution in [-0.2, 0) is 17.6 Å². The van der Waals surface area contributed by atoms with Crippen LogP contribution >= 0.6 is 0 Å². The molecule has 0 heterocycles. The van der Waals surface area contributed by atoms with E-state index in [1.165, 1.54) is 11.1 Å². The van der Waals surface area contributed by atoms with Gasteiger partial charge in [-0.3, -0.25) is 0 Å². The lowest BCUT2D eigenvalue weighted by Crippen LogP contribution is -2.50. The van der Waals surface area contributed by atoms with E-state index >= 15 is 0 Å². The minimum absolute atomic E-state index is 0.0487. The van der Waals surface area contributed by atoms with E-state index in [1.54, 1.807) is 7.11 Å². The van der Waals surface area contributed by atoms with Gasteiger partial charge in [-0.25, -0.2) is 0 Å². The summed E-state index contributed by atoms with van der Waals surface area (Å²) < 4.78 is 5.16. The summed E-state index contributed by atoms with van der Waals surface area (Å²) in [5.74, 6) is 0.510. The van der Waals surface area contributed by atoms with E-state index in [1.807, 2.05) is 0 Å². The van der Waals surface area contributed by atoms with Gasteiger partial charge in [-0.05, 0) is 42.7 Å². The van der Waals surface area contributed by atoms with Crippen molar-refractivity contribution in [2.24, 2.45) is 11.7 Å². The highest BCUT2D eigenvalue weighted by molar-refractivity contribution is 5.32. The zero-order chi connectivity index (χ0) is 12.3. The number of nitrogens with two attached hydrogens (primary N) is 1. The van der Waals surface area contributed by atoms with Crippen LogP contribution in [0, 0.1) is 5.92 Å². The molecule has 1 aliphatic rings. The van der Waals surface area contributed by atoms with E-state index in [4.69, 9.17) is 10.5 Å². The van der Waals surface area contributed by atoms with Gasteiger partial charge in [0.25, 0.3) is 0 Å². The van der Waals surface area contributed by atoms with E-state index in [0.29, 0.717) is 5.92 Å². The molecule has 0 saturated carbocycles. The molecule has 17 heavy (non-hydrogen) atoms. The number of fused-ring (bicyclic) bond motifs is 1. The quantitative estimate of drug-likeness (QED) is 0.867. The number of ether oxygens (including phenoxy) is 1. The van der Waals surface area contributed by atoms with Crippen molar-refractivity contribution >= 4 is 0 Å². The van der Waals surface area contributed by atoms with E-state index in [2.05, 4.69) is 31.2 Å². The minimum Gasteiger partial charge on any atom is -0.385 e. The molecule has 2 N–H and O–H groups in total. The van der Waals surface area contributed by atoms with Crippen molar-refractivity contribution in [1.82, 2.24) is 0 Å². The third-order valence-electron chi connectivity index (χ3n) is 4.23. The second kappa shape index (κ2) is 5.19. The summed E-state index contributed by atoms with van der Waals surface area (Å²) in [5.41, 5.74) is 9.47. The summed E-state index contributed by atoms with van der Waals surface area (Å²) in [6, 6.07) is 8.69. The van der Waals surface area contributed by atoms with Crippen LogP contribution in [0.4, 0.5) is 0 Å². The number of benzene rings is 1. The zero-order valence-corrected chi connectivity index (χ0v) is 10.9. The van der Waals surface area contributed by atoms with Crippen molar-refractivity contribution < 1.29 is 4.74 Å². The molecule has 94 valence electrons. The van der Waals surface area contributed by atoms with Gasteiger partial charge in [-0.15, -0.1) is 0 Å². The predicted molar refractivity (Wildman–Crippen MR) is 71.0 cm³/mol. The van der Waals surface area contributed by atoms with Gasteiger partial charge in [0, 0.05) is 19.3 Å². The van der Waals surface area contributed by atoms with Gasteiger partial charge in [0.1, 0.15) is 0 Å². The number of methoxy groups -OCH3 is 1. The van der Waals surface area contributed by atoms with Crippen LogP contribution in [0.5, 0.6) is 0 Å². The molecule has 2 heteroatoms. The maximum absolute atomic E-state index is 6.60. The lowest BCUT2D eigenvalue weighted by molar-refractivity contribution is 0.148. The van der Waals surface area contributed by atoms with Gasteiger partial charge in [-0.2, -0.15) is 0 Å². The molecule has 0 fully saturated rings. The molecular formula is C15H23NO. The number of rotatable bonds is 4. The molecule has 2 atom stereocenters. The first-order chi connectivity index (χ1) is 8.15. The topological polar surface area (TPSA) is 35.2 Å². The molecule has 0 bridgehead atoms. The largest absolute Gasteiger partial charge is 0.385 e. The molecule has 1 aromatic carbocycles. The van der Waals surface area contributed by atoms with E-state index < -0.39 is 0 Å². The average Bonchev–Trinajstić information content (AvgIpc) is 2.35. The molecule has 2 rings (SSSR count). The van der Waals surface area contributed by atoms with Gasteiger partial charge in [0.15, 0.2) is 0 Å². The summed E-state index contributed by atoms with van der Waals surface area (Å²) >= 11 is 0. The summed E-state index contributed by atoms with van der Waals surface area (Å²) in [5, 5.41) is 0. The first kappa shape index (κ1) is 12.6. The Morgan fingerprint density at radius 3 is 2.76 bits per heavy atom.